The molecule has 0 saturated carbocycles. The minimum Gasteiger partial charge on any atom is -0.385 e. The standard InChI is InChI=1S/C18H17N4O2.W/c1-3-13-4-6-14(7-5-13)17-10-15(21-24-17)16(11-19)22-9-8-20-18(22)12(2)23;/h4-10,12,16,23H,11,19H2,2H3;/q-1;. The van der Waals surface area contributed by atoms with E-state index in [1.54, 1.807) is 36.0 Å². The van der Waals surface area contributed by atoms with E-state index in [0.29, 0.717) is 29.4 Å². The van der Waals surface area contributed by atoms with Crippen molar-refractivity contribution in [1.29, 1.82) is 0 Å². The summed E-state index contributed by atoms with van der Waals surface area (Å²) in [5.74, 6) is 3.47. The molecular weight excluding hydrogens is 488 g/mol. The van der Waals surface area contributed by atoms with Gasteiger partial charge in [-0.1, -0.05) is 17.3 Å². The zero-order valence-corrected chi connectivity index (χ0v) is 16.5. The molecule has 0 saturated heterocycles. The number of aliphatic hydroxyl groups is 1. The summed E-state index contributed by atoms with van der Waals surface area (Å²) in [6, 6.07) is 8.81. The largest absolute Gasteiger partial charge is 0.385 e. The van der Waals surface area contributed by atoms with E-state index in [-0.39, 0.29) is 27.1 Å². The molecule has 7 heteroatoms. The third-order valence-corrected chi connectivity index (χ3v) is 3.81. The van der Waals surface area contributed by atoms with Gasteiger partial charge >= 0.3 is 0 Å². The number of nitrogens with zero attached hydrogens (tertiary/aromatic N) is 3. The molecule has 0 aliphatic carbocycles. The summed E-state index contributed by atoms with van der Waals surface area (Å²) in [4.78, 5) is 4.17. The molecule has 0 fully saturated rings. The first-order chi connectivity index (χ1) is 11.6. The van der Waals surface area contributed by atoms with Gasteiger partial charge in [-0.15, -0.1) is 17.7 Å². The van der Waals surface area contributed by atoms with Gasteiger partial charge in [-0.05, 0) is 6.92 Å². The Morgan fingerprint density at radius 3 is 2.68 bits per heavy atom. The van der Waals surface area contributed by atoms with Crippen LogP contribution in [0.2, 0.25) is 0 Å². The second-order valence-electron chi connectivity index (χ2n) is 5.44. The molecule has 6 nitrogen and oxygen atoms in total. The van der Waals surface area contributed by atoms with Gasteiger partial charge in [-0.3, -0.25) is 5.92 Å². The van der Waals surface area contributed by atoms with E-state index >= 15 is 0 Å². The fraction of sp³-hybridized carbons (Fsp3) is 0.222. The van der Waals surface area contributed by atoms with Gasteiger partial charge in [0.05, 0.1) is 6.04 Å². The summed E-state index contributed by atoms with van der Waals surface area (Å²) in [6.07, 6.45) is 9.80. The van der Waals surface area contributed by atoms with Crippen molar-refractivity contribution in [3.8, 4) is 17.2 Å². The molecule has 0 amide bonds. The molecule has 0 spiro atoms. The number of hydrogen-bond donors (Lipinski definition) is 2. The number of imidazole rings is 1. The topological polar surface area (TPSA) is 90.1 Å². The molecule has 0 radical (unpaired) electrons. The van der Waals surface area contributed by atoms with Crippen molar-refractivity contribution in [2.24, 2.45) is 5.73 Å². The Hall–Kier alpha value is -2.19. The van der Waals surface area contributed by atoms with Crippen molar-refractivity contribution < 1.29 is 30.7 Å². The van der Waals surface area contributed by atoms with Crippen LogP contribution >= 0.6 is 0 Å². The summed E-state index contributed by atoms with van der Waals surface area (Å²) >= 11 is 0. The molecule has 3 N–H and O–H groups in total. The molecule has 0 aliphatic heterocycles. The third-order valence-electron chi connectivity index (χ3n) is 3.81. The number of aliphatic hydroxyl groups excluding tert-OH is 1. The molecule has 0 bridgehead atoms. The molecule has 25 heavy (non-hydrogen) atoms. The first kappa shape index (κ1) is 19.1. The van der Waals surface area contributed by atoms with E-state index in [0.717, 1.165) is 5.56 Å². The molecule has 0 aliphatic rings. The van der Waals surface area contributed by atoms with Gasteiger partial charge in [-0.25, -0.2) is 4.98 Å². The zero-order chi connectivity index (χ0) is 17.1. The van der Waals surface area contributed by atoms with Crippen LogP contribution in [0.15, 0.2) is 47.2 Å². The predicted octanol–water partition coefficient (Wildman–Crippen LogP) is 2.07. The monoisotopic (exact) mass is 505 g/mol. The van der Waals surface area contributed by atoms with Crippen LogP contribution in [0, 0.1) is 12.3 Å². The SMILES string of the molecule is [C-]#Cc1ccc(-c2cc(C(CN)n3ccnc3C(C)O)no2)cc1.[W]. The molecular formula is C18H17N4O2W-. The van der Waals surface area contributed by atoms with Crippen LogP contribution in [-0.2, 0) is 21.1 Å². The Kier molecular flexibility index (Phi) is 6.32. The second-order valence-corrected chi connectivity index (χ2v) is 5.44. The van der Waals surface area contributed by atoms with Crippen LogP contribution in [0.5, 0.6) is 0 Å². The maximum atomic E-state index is 9.83. The van der Waals surface area contributed by atoms with Crippen molar-refractivity contribution in [1.82, 2.24) is 14.7 Å². The Morgan fingerprint density at radius 1 is 1.36 bits per heavy atom. The maximum absolute atomic E-state index is 9.83. The van der Waals surface area contributed by atoms with Gasteiger partial charge in [0.25, 0.3) is 0 Å². The Bertz CT molecular complexity index is 862. The van der Waals surface area contributed by atoms with Crippen LogP contribution in [0.25, 0.3) is 11.3 Å². The zero-order valence-electron chi connectivity index (χ0n) is 13.6. The van der Waals surface area contributed by atoms with Crippen LogP contribution in [0.1, 0.15) is 36.2 Å². The van der Waals surface area contributed by atoms with E-state index in [4.69, 9.17) is 16.7 Å². The molecule has 2 unspecified atom stereocenters. The maximum Gasteiger partial charge on any atom is 0.167 e. The molecule has 2 aromatic heterocycles. The molecule has 2 heterocycles. The number of aromatic nitrogens is 3. The van der Waals surface area contributed by atoms with Crippen molar-refractivity contribution in [3.05, 3.63) is 66.2 Å². The average Bonchev–Trinajstić information content (AvgIpc) is 3.26. The van der Waals surface area contributed by atoms with Crippen LogP contribution < -0.4 is 5.73 Å². The van der Waals surface area contributed by atoms with Gasteiger partial charge in [-0.2, -0.15) is 0 Å². The van der Waals surface area contributed by atoms with Crippen LogP contribution in [0.3, 0.4) is 0 Å². The van der Waals surface area contributed by atoms with E-state index in [9.17, 15) is 5.11 Å². The van der Waals surface area contributed by atoms with E-state index in [1.165, 1.54) is 0 Å². The fourth-order valence-corrected chi connectivity index (χ4v) is 2.59. The summed E-state index contributed by atoms with van der Waals surface area (Å²) in [7, 11) is 0. The van der Waals surface area contributed by atoms with Crippen LogP contribution in [0.4, 0.5) is 0 Å². The Labute approximate surface area is 160 Å². The molecule has 2 atom stereocenters. The predicted molar refractivity (Wildman–Crippen MR) is 88.2 cm³/mol. The van der Waals surface area contributed by atoms with E-state index < -0.39 is 6.10 Å². The van der Waals surface area contributed by atoms with Gasteiger partial charge < -0.3 is 26.4 Å². The van der Waals surface area contributed by atoms with Crippen molar-refractivity contribution in [3.63, 3.8) is 0 Å². The number of benzene rings is 1. The van der Waals surface area contributed by atoms with Gasteiger partial charge in [0.2, 0.25) is 0 Å². The molecule has 3 rings (SSSR count). The second kappa shape index (κ2) is 8.26. The third kappa shape index (κ3) is 3.91. The first-order valence-corrected chi connectivity index (χ1v) is 7.54. The minimum atomic E-state index is -0.703. The van der Waals surface area contributed by atoms with Crippen LogP contribution in [-0.4, -0.2) is 26.4 Å². The molecule has 128 valence electrons. The summed E-state index contributed by atoms with van der Waals surface area (Å²) < 4.78 is 7.24. The Morgan fingerprint density at radius 2 is 2.08 bits per heavy atom. The van der Waals surface area contributed by atoms with Gasteiger partial charge in [0.1, 0.15) is 17.6 Å². The van der Waals surface area contributed by atoms with E-state index in [2.05, 4.69) is 16.1 Å². The summed E-state index contributed by atoms with van der Waals surface area (Å²) in [5, 5.41) is 14.0. The minimum absolute atomic E-state index is 0. The van der Waals surface area contributed by atoms with Crippen molar-refractivity contribution >= 4 is 0 Å². The van der Waals surface area contributed by atoms with Crippen molar-refractivity contribution in [2.45, 2.75) is 19.1 Å². The van der Waals surface area contributed by atoms with Gasteiger partial charge in [0, 0.05) is 51.6 Å². The first-order valence-electron chi connectivity index (χ1n) is 7.54. The number of hydrogen-bond acceptors (Lipinski definition) is 5. The number of rotatable bonds is 5. The number of nitrogens with two attached hydrogens (primary N) is 1. The quantitative estimate of drug-likeness (QED) is 0.410. The normalized spacial score (nSPS) is 12.9. The molecule has 3 aromatic rings. The Balaban J connectivity index is 0.00000225. The van der Waals surface area contributed by atoms with E-state index in [1.807, 2.05) is 18.2 Å². The average molecular weight is 505 g/mol. The summed E-state index contributed by atoms with van der Waals surface area (Å²) in [6.45, 7) is 1.95. The smallest absolute Gasteiger partial charge is 0.167 e. The van der Waals surface area contributed by atoms with Gasteiger partial charge in [0.15, 0.2) is 5.76 Å². The fourth-order valence-electron chi connectivity index (χ4n) is 2.59. The molecule has 1 aromatic carbocycles. The van der Waals surface area contributed by atoms with Crippen molar-refractivity contribution in [2.75, 3.05) is 6.54 Å². The summed E-state index contributed by atoms with van der Waals surface area (Å²) in [5.41, 5.74) is 8.12.